The van der Waals surface area contributed by atoms with E-state index < -0.39 is 5.60 Å². The topological polar surface area (TPSA) is 100 Å². The number of benzene rings is 1. The second-order valence-electron chi connectivity index (χ2n) is 9.25. The number of carbonyl (C=O) groups is 3. The molecule has 1 unspecified atom stereocenters. The molecule has 2 rings (SSSR count). The summed E-state index contributed by atoms with van der Waals surface area (Å²) in [6.07, 6.45) is 1.62. The van der Waals surface area contributed by atoms with Crippen LogP contribution >= 0.6 is 0 Å². The maximum absolute atomic E-state index is 12.7. The molecule has 0 aromatic heterocycles. The standard InChI is InChI=1S/C23H36N4O5/c1-16(28)24-18-9-10-20(31-6)19(12-18)25-21(29)15-27-11-7-8-17(14-27)13-26(5)22(30)32-23(2,3)4/h9-10,12,17H,7-8,11,13-15H2,1-6H3,(H,24,28)(H,25,29). The Bertz CT molecular complexity index is 821. The highest BCUT2D eigenvalue weighted by atomic mass is 16.6. The number of rotatable bonds is 7. The summed E-state index contributed by atoms with van der Waals surface area (Å²) >= 11 is 0. The number of likely N-dealkylation sites (tertiary alicyclic amines) is 1. The SMILES string of the molecule is COc1ccc(NC(C)=O)cc1NC(=O)CN1CCCC(CN(C)C(=O)OC(C)(C)C)C1. The molecule has 0 aliphatic carbocycles. The van der Waals surface area contributed by atoms with E-state index in [1.807, 2.05) is 20.8 Å². The van der Waals surface area contributed by atoms with Crippen LogP contribution in [-0.2, 0) is 14.3 Å². The summed E-state index contributed by atoms with van der Waals surface area (Å²) in [7, 11) is 3.27. The molecule has 9 nitrogen and oxygen atoms in total. The molecule has 1 saturated heterocycles. The van der Waals surface area contributed by atoms with Crippen LogP contribution < -0.4 is 15.4 Å². The molecule has 0 spiro atoms. The first-order chi connectivity index (χ1) is 15.0. The van der Waals surface area contributed by atoms with Crippen LogP contribution in [0.4, 0.5) is 16.2 Å². The number of methoxy groups -OCH3 is 1. The van der Waals surface area contributed by atoms with Gasteiger partial charge in [0.2, 0.25) is 11.8 Å². The third-order valence-corrected chi connectivity index (χ3v) is 5.00. The highest BCUT2D eigenvalue weighted by Crippen LogP contribution is 2.28. The van der Waals surface area contributed by atoms with Gasteiger partial charge in [0.1, 0.15) is 11.4 Å². The third-order valence-electron chi connectivity index (χ3n) is 5.00. The fourth-order valence-electron chi connectivity index (χ4n) is 3.73. The van der Waals surface area contributed by atoms with Crippen LogP contribution in [0.3, 0.4) is 0 Å². The lowest BCUT2D eigenvalue weighted by Crippen LogP contribution is -2.45. The van der Waals surface area contributed by atoms with E-state index in [2.05, 4.69) is 15.5 Å². The van der Waals surface area contributed by atoms with Gasteiger partial charge in [-0.25, -0.2) is 4.79 Å². The first-order valence-electron chi connectivity index (χ1n) is 10.9. The van der Waals surface area contributed by atoms with Crippen LogP contribution in [-0.4, -0.2) is 73.6 Å². The van der Waals surface area contributed by atoms with Gasteiger partial charge in [-0.2, -0.15) is 0 Å². The number of carbonyl (C=O) groups excluding carboxylic acids is 3. The van der Waals surface area contributed by atoms with Gasteiger partial charge in [0, 0.05) is 32.7 Å². The Morgan fingerprint density at radius 1 is 1.22 bits per heavy atom. The number of ether oxygens (including phenoxy) is 2. The van der Waals surface area contributed by atoms with Gasteiger partial charge in [-0.3, -0.25) is 14.5 Å². The van der Waals surface area contributed by atoms with Gasteiger partial charge in [-0.15, -0.1) is 0 Å². The van der Waals surface area contributed by atoms with Crippen molar-refractivity contribution in [3.05, 3.63) is 18.2 Å². The van der Waals surface area contributed by atoms with E-state index in [4.69, 9.17) is 9.47 Å². The predicted molar refractivity (Wildman–Crippen MR) is 124 cm³/mol. The van der Waals surface area contributed by atoms with Crippen molar-refractivity contribution in [1.29, 1.82) is 0 Å². The minimum Gasteiger partial charge on any atom is -0.495 e. The normalized spacial score (nSPS) is 16.8. The Morgan fingerprint density at radius 3 is 2.56 bits per heavy atom. The monoisotopic (exact) mass is 448 g/mol. The molecule has 3 amide bonds. The first-order valence-corrected chi connectivity index (χ1v) is 10.9. The van der Waals surface area contributed by atoms with Crippen LogP contribution in [0, 0.1) is 5.92 Å². The van der Waals surface area contributed by atoms with E-state index in [1.165, 1.54) is 14.0 Å². The van der Waals surface area contributed by atoms with Crippen molar-refractivity contribution in [3.8, 4) is 5.75 Å². The zero-order valence-electron chi connectivity index (χ0n) is 20.0. The summed E-state index contributed by atoms with van der Waals surface area (Å²) < 4.78 is 10.7. The summed E-state index contributed by atoms with van der Waals surface area (Å²) in [5.41, 5.74) is 0.555. The Hall–Kier alpha value is -2.81. The van der Waals surface area contributed by atoms with Gasteiger partial charge in [0.15, 0.2) is 0 Å². The fraction of sp³-hybridized carbons (Fsp3) is 0.609. The first kappa shape index (κ1) is 25.5. The third kappa shape index (κ3) is 8.37. The molecule has 1 atom stereocenters. The molecule has 1 fully saturated rings. The van der Waals surface area contributed by atoms with Crippen LogP contribution in [0.25, 0.3) is 0 Å². The maximum Gasteiger partial charge on any atom is 0.410 e. The number of hydrogen-bond acceptors (Lipinski definition) is 6. The molecule has 178 valence electrons. The van der Waals surface area contributed by atoms with Crippen molar-refractivity contribution >= 4 is 29.3 Å². The molecule has 9 heteroatoms. The summed E-state index contributed by atoms with van der Waals surface area (Å²) in [4.78, 5) is 39.9. The Morgan fingerprint density at radius 2 is 1.94 bits per heavy atom. The zero-order valence-corrected chi connectivity index (χ0v) is 20.0. The van der Waals surface area contributed by atoms with E-state index >= 15 is 0 Å². The molecule has 0 bridgehead atoms. The molecule has 1 heterocycles. The molecule has 32 heavy (non-hydrogen) atoms. The number of piperidine rings is 1. The van der Waals surface area contributed by atoms with E-state index in [1.54, 1.807) is 30.1 Å². The second kappa shape index (κ2) is 11.2. The molecule has 1 aromatic rings. The maximum atomic E-state index is 12.7. The lowest BCUT2D eigenvalue weighted by atomic mass is 9.97. The summed E-state index contributed by atoms with van der Waals surface area (Å²) in [6, 6.07) is 5.09. The molecule has 1 aromatic carbocycles. The molecule has 0 radical (unpaired) electrons. The van der Waals surface area contributed by atoms with Crippen LogP contribution in [0.1, 0.15) is 40.5 Å². The second-order valence-corrected chi connectivity index (χ2v) is 9.25. The predicted octanol–water partition coefficient (Wildman–Crippen LogP) is 3.17. The Labute approximate surface area is 190 Å². The van der Waals surface area contributed by atoms with E-state index in [0.717, 1.165) is 25.9 Å². The molecule has 1 aliphatic heterocycles. The van der Waals surface area contributed by atoms with Crippen LogP contribution in [0.5, 0.6) is 5.75 Å². The van der Waals surface area contributed by atoms with E-state index in [-0.39, 0.29) is 30.4 Å². The minimum atomic E-state index is -0.527. The highest BCUT2D eigenvalue weighted by molar-refractivity contribution is 5.95. The molecule has 2 N–H and O–H groups in total. The van der Waals surface area contributed by atoms with E-state index in [9.17, 15) is 14.4 Å². The van der Waals surface area contributed by atoms with Gasteiger partial charge in [-0.1, -0.05) is 0 Å². The van der Waals surface area contributed by atoms with Crippen molar-refractivity contribution in [1.82, 2.24) is 9.80 Å². The number of amides is 3. The van der Waals surface area contributed by atoms with Crippen molar-refractivity contribution < 1.29 is 23.9 Å². The molecular weight excluding hydrogens is 412 g/mol. The van der Waals surface area contributed by atoms with Gasteiger partial charge >= 0.3 is 6.09 Å². The van der Waals surface area contributed by atoms with E-state index in [0.29, 0.717) is 23.7 Å². The molecular formula is C23H36N4O5. The van der Waals surface area contributed by atoms with Gasteiger partial charge in [0.25, 0.3) is 0 Å². The Kier molecular flexibility index (Phi) is 8.89. The molecule has 1 aliphatic rings. The number of anilines is 2. The summed E-state index contributed by atoms with van der Waals surface area (Å²) in [5.74, 6) is 0.433. The summed E-state index contributed by atoms with van der Waals surface area (Å²) in [5, 5.41) is 5.58. The highest BCUT2D eigenvalue weighted by Gasteiger charge is 2.26. The number of nitrogens with one attached hydrogen (secondary N) is 2. The van der Waals surface area contributed by atoms with Crippen molar-refractivity contribution in [3.63, 3.8) is 0 Å². The summed E-state index contributed by atoms with van der Waals surface area (Å²) in [6.45, 7) is 9.34. The zero-order chi connectivity index (χ0) is 23.9. The van der Waals surface area contributed by atoms with Gasteiger partial charge in [0.05, 0.1) is 19.3 Å². The van der Waals surface area contributed by atoms with Crippen molar-refractivity contribution in [2.75, 3.05) is 51.0 Å². The quantitative estimate of drug-likeness (QED) is 0.665. The van der Waals surface area contributed by atoms with Gasteiger partial charge < -0.3 is 25.0 Å². The van der Waals surface area contributed by atoms with Crippen LogP contribution in [0.15, 0.2) is 18.2 Å². The largest absolute Gasteiger partial charge is 0.495 e. The van der Waals surface area contributed by atoms with Crippen molar-refractivity contribution in [2.24, 2.45) is 5.92 Å². The smallest absolute Gasteiger partial charge is 0.410 e. The average Bonchev–Trinajstić information content (AvgIpc) is 2.66. The fourth-order valence-corrected chi connectivity index (χ4v) is 3.73. The molecule has 0 saturated carbocycles. The lowest BCUT2D eigenvalue weighted by Gasteiger charge is -2.34. The Balaban J connectivity index is 1.92. The van der Waals surface area contributed by atoms with Crippen LogP contribution in [0.2, 0.25) is 0 Å². The number of hydrogen-bond donors (Lipinski definition) is 2. The lowest BCUT2D eigenvalue weighted by molar-refractivity contribution is -0.118. The minimum absolute atomic E-state index is 0.163. The van der Waals surface area contributed by atoms with Crippen molar-refractivity contribution in [2.45, 2.75) is 46.1 Å². The number of nitrogens with zero attached hydrogens (tertiary/aromatic N) is 2. The van der Waals surface area contributed by atoms with Gasteiger partial charge in [-0.05, 0) is 64.3 Å². The average molecular weight is 449 g/mol.